The number of anilines is 1. The van der Waals surface area contributed by atoms with Gasteiger partial charge in [0.1, 0.15) is 0 Å². The van der Waals surface area contributed by atoms with Gasteiger partial charge in [-0.3, -0.25) is 0 Å². The molecule has 0 radical (unpaired) electrons. The van der Waals surface area contributed by atoms with E-state index in [1.165, 1.54) is 0 Å². The zero-order valence-electron chi connectivity index (χ0n) is 9.49. The number of rotatable bonds is 2. The van der Waals surface area contributed by atoms with Crippen molar-refractivity contribution in [1.82, 2.24) is 0 Å². The van der Waals surface area contributed by atoms with Crippen molar-refractivity contribution in [2.24, 2.45) is 0 Å². The third-order valence-corrected chi connectivity index (χ3v) is 2.97. The quantitative estimate of drug-likeness (QED) is 0.826. The van der Waals surface area contributed by atoms with Crippen molar-refractivity contribution in [2.75, 3.05) is 18.5 Å². The Labute approximate surface area is 96.0 Å². The van der Waals surface area contributed by atoms with E-state index in [0.717, 1.165) is 42.9 Å². The van der Waals surface area contributed by atoms with E-state index in [1.54, 1.807) is 0 Å². The molecule has 0 amide bonds. The van der Waals surface area contributed by atoms with Crippen LogP contribution in [-0.4, -0.2) is 19.3 Å². The van der Waals surface area contributed by atoms with E-state index in [9.17, 15) is 0 Å². The Balaban J connectivity index is 2.12. The summed E-state index contributed by atoms with van der Waals surface area (Å²) in [6.07, 6.45) is 2.24. The maximum absolute atomic E-state index is 8.95. The van der Waals surface area contributed by atoms with Gasteiger partial charge in [0.2, 0.25) is 0 Å². The number of hydrogen-bond donors (Lipinski definition) is 1. The molecule has 1 saturated heterocycles. The molecule has 1 N–H and O–H groups in total. The van der Waals surface area contributed by atoms with Crippen molar-refractivity contribution < 1.29 is 4.74 Å². The highest BCUT2D eigenvalue weighted by atomic mass is 16.5. The van der Waals surface area contributed by atoms with Gasteiger partial charge in [0.15, 0.2) is 0 Å². The summed E-state index contributed by atoms with van der Waals surface area (Å²) in [5.41, 5.74) is 2.81. The minimum Gasteiger partial charge on any atom is -0.380 e. The monoisotopic (exact) mass is 216 g/mol. The Morgan fingerprint density at radius 2 is 2.38 bits per heavy atom. The van der Waals surface area contributed by atoms with Crippen molar-refractivity contribution in [3.8, 4) is 6.07 Å². The fourth-order valence-electron chi connectivity index (χ4n) is 1.99. The lowest BCUT2D eigenvalue weighted by atomic mass is 10.1. The third-order valence-electron chi connectivity index (χ3n) is 2.97. The molecular formula is C13H16N2O. The molecule has 0 bridgehead atoms. The van der Waals surface area contributed by atoms with Gasteiger partial charge in [-0.1, -0.05) is 6.07 Å². The second kappa shape index (κ2) is 5.00. The Kier molecular flexibility index (Phi) is 3.43. The molecule has 3 nitrogen and oxygen atoms in total. The number of benzene rings is 1. The van der Waals surface area contributed by atoms with Gasteiger partial charge >= 0.3 is 0 Å². The molecule has 1 fully saturated rings. The average molecular weight is 216 g/mol. The molecule has 2 rings (SSSR count). The SMILES string of the molecule is Cc1c(C#N)cccc1NC1CCCOC1. The normalized spacial score (nSPS) is 20.1. The lowest BCUT2D eigenvalue weighted by Crippen LogP contribution is -2.30. The van der Waals surface area contributed by atoms with Gasteiger partial charge in [-0.05, 0) is 37.5 Å². The summed E-state index contributed by atoms with van der Waals surface area (Å²) in [5.74, 6) is 0. The van der Waals surface area contributed by atoms with Crippen LogP contribution in [0.25, 0.3) is 0 Å². The van der Waals surface area contributed by atoms with Gasteiger partial charge in [0, 0.05) is 18.3 Å². The topological polar surface area (TPSA) is 45.0 Å². The highest BCUT2D eigenvalue weighted by Crippen LogP contribution is 2.21. The van der Waals surface area contributed by atoms with E-state index in [4.69, 9.17) is 10.00 Å². The Morgan fingerprint density at radius 3 is 3.06 bits per heavy atom. The minimum absolute atomic E-state index is 0.376. The molecule has 1 aromatic rings. The predicted molar refractivity (Wildman–Crippen MR) is 63.4 cm³/mol. The summed E-state index contributed by atoms with van der Waals surface area (Å²) in [5, 5.41) is 12.4. The van der Waals surface area contributed by atoms with Crippen LogP contribution in [0, 0.1) is 18.3 Å². The molecule has 1 aliphatic rings. The molecule has 0 aromatic heterocycles. The molecule has 16 heavy (non-hydrogen) atoms. The van der Waals surface area contributed by atoms with Crippen LogP contribution in [-0.2, 0) is 4.74 Å². The predicted octanol–water partition coefficient (Wildman–Crippen LogP) is 2.46. The molecule has 1 heterocycles. The van der Waals surface area contributed by atoms with Crippen LogP contribution >= 0.6 is 0 Å². The molecule has 1 atom stereocenters. The van der Waals surface area contributed by atoms with Crippen molar-refractivity contribution in [3.63, 3.8) is 0 Å². The van der Waals surface area contributed by atoms with E-state index in [1.807, 2.05) is 25.1 Å². The van der Waals surface area contributed by atoms with E-state index in [0.29, 0.717) is 6.04 Å². The Morgan fingerprint density at radius 1 is 1.50 bits per heavy atom. The lowest BCUT2D eigenvalue weighted by molar-refractivity contribution is 0.0876. The van der Waals surface area contributed by atoms with Crippen LogP contribution < -0.4 is 5.32 Å². The van der Waals surface area contributed by atoms with E-state index in [-0.39, 0.29) is 0 Å². The van der Waals surface area contributed by atoms with Crippen LogP contribution in [0.5, 0.6) is 0 Å². The van der Waals surface area contributed by atoms with E-state index >= 15 is 0 Å². The number of ether oxygens (including phenoxy) is 1. The van der Waals surface area contributed by atoms with Crippen LogP contribution in [0.4, 0.5) is 5.69 Å². The van der Waals surface area contributed by atoms with Crippen LogP contribution in [0.15, 0.2) is 18.2 Å². The van der Waals surface area contributed by atoms with Crippen LogP contribution in [0.1, 0.15) is 24.0 Å². The first-order chi connectivity index (χ1) is 7.81. The second-order valence-corrected chi connectivity index (χ2v) is 4.15. The Bertz CT molecular complexity index is 403. The molecule has 1 aromatic carbocycles. The highest BCUT2D eigenvalue weighted by molar-refractivity contribution is 5.57. The van der Waals surface area contributed by atoms with Crippen molar-refractivity contribution in [1.29, 1.82) is 5.26 Å². The van der Waals surface area contributed by atoms with Gasteiger partial charge in [-0.25, -0.2) is 0 Å². The zero-order chi connectivity index (χ0) is 11.4. The van der Waals surface area contributed by atoms with Crippen LogP contribution in [0.3, 0.4) is 0 Å². The molecule has 0 spiro atoms. The molecule has 0 saturated carbocycles. The first-order valence-corrected chi connectivity index (χ1v) is 5.65. The molecule has 84 valence electrons. The Hall–Kier alpha value is -1.53. The molecule has 1 unspecified atom stereocenters. The summed E-state index contributed by atoms with van der Waals surface area (Å²) in [4.78, 5) is 0. The minimum atomic E-state index is 0.376. The summed E-state index contributed by atoms with van der Waals surface area (Å²) in [6, 6.07) is 8.36. The van der Waals surface area contributed by atoms with Gasteiger partial charge in [-0.2, -0.15) is 5.26 Å². The average Bonchev–Trinajstić information content (AvgIpc) is 2.33. The van der Waals surface area contributed by atoms with E-state index < -0.39 is 0 Å². The maximum atomic E-state index is 8.95. The zero-order valence-corrected chi connectivity index (χ0v) is 9.49. The summed E-state index contributed by atoms with van der Waals surface area (Å²) in [7, 11) is 0. The number of nitrogens with zero attached hydrogens (tertiary/aromatic N) is 1. The van der Waals surface area contributed by atoms with E-state index in [2.05, 4.69) is 11.4 Å². The maximum Gasteiger partial charge on any atom is 0.0995 e. The summed E-state index contributed by atoms with van der Waals surface area (Å²) < 4.78 is 5.42. The van der Waals surface area contributed by atoms with Gasteiger partial charge < -0.3 is 10.1 Å². The van der Waals surface area contributed by atoms with Gasteiger partial charge in [0.25, 0.3) is 0 Å². The van der Waals surface area contributed by atoms with Gasteiger partial charge in [-0.15, -0.1) is 0 Å². The smallest absolute Gasteiger partial charge is 0.0995 e. The third kappa shape index (κ3) is 2.34. The summed E-state index contributed by atoms with van der Waals surface area (Å²) in [6.45, 7) is 3.61. The molecule has 3 heteroatoms. The number of hydrogen-bond acceptors (Lipinski definition) is 3. The fourth-order valence-corrected chi connectivity index (χ4v) is 1.99. The molecular weight excluding hydrogens is 200 g/mol. The van der Waals surface area contributed by atoms with Crippen molar-refractivity contribution in [3.05, 3.63) is 29.3 Å². The standard InChI is InChI=1S/C13H16N2O/c1-10-11(8-14)4-2-6-13(10)15-12-5-3-7-16-9-12/h2,4,6,12,15H,3,5,7,9H2,1H3. The highest BCUT2D eigenvalue weighted by Gasteiger charge is 2.14. The number of nitriles is 1. The van der Waals surface area contributed by atoms with Crippen molar-refractivity contribution >= 4 is 5.69 Å². The molecule has 1 aliphatic heterocycles. The first kappa shape index (κ1) is 11.0. The summed E-state index contributed by atoms with van der Waals surface area (Å²) >= 11 is 0. The number of nitrogens with one attached hydrogen (secondary N) is 1. The largest absolute Gasteiger partial charge is 0.380 e. The molecule has 0 aliphatic carbocycles. The van der Waals surface area contributed by atoms with Gasteiger partial charge in [0.05, 0.1) is 18.2 Å². The lowest BCUT2D eigenvalue weighted by Gasteiger charge is -2.25. The fraction of sp³-hybridized carbons (Fsp3) is 0.462. The first-order valence-electron chi connectivity index (χ1n) is 5.65. The van der Waals surface area contributed by atoms with Crippen LogP contribution in [0.2, 0.25) is 0 Å². The second-order valence-electron chi connectivity index (χ2n) is 4.15. The van der Waals surface area contributed by atoms with Crippen molar-refractivity contribution in [2.45, 2.75) is 25.8 Å².